The summed E-state index contributed by atoms with van der Waals surface area (Å²) in [6.45, 7) is 0.269. The van der Waals surface area contributed by atoms with Gasteiger partial charge in [0, 0.05) is 12.2 Å². The van der Waals surface area contributed by atoms with Crippen LogP contribution in [0, 0.1) is 0 Å². The third-order valence-electron chi connectivity index (χ3n) is 1.79. The second-order valence-electron chi connectivity index (χ2n) is 2.78. The molecule has 0 aliphatic rings. The lowest BCUT2D eigenvalue weighted by molar-refractivity contribution is 0.579. The summed E-state index contributed by atoms with van der Waals surface area (Å²) in [6, 6.07) is 5.17. The van der Waals surface area contributed by atoms with E-state index in [1.54, 1.807) is 18.2 Å². The Labute approximate surface area is 79.6 Å². The summed E-state index contributed by atoms with van der Waals surface area (Å²) in [5.41, 5.74) is 6.13. The van der Waals surface area contributed by atoms with Crippen LogP contribution in [-0.2, 0) is 6.54 Å². The van der Waals surface area contributed by atoms with E-state index in [4.69, 9.17) is 10.2 Å². The molecule has 2 heterocycles. The normalized spacial score (nSPS) is 10.4. The number of nitrogens with one attached hydrogen (secondary N) is 1. The van der Waals surface area contributed by atoms with E-state index in [0.29, 0.717) is 17.1 Å². The minimum Gasteiger partial charge on any atom is -0.463 e. The predicted octanol–water partition coefficient (Wildman–Crippen LogP) is 0.489. The third-order valence-corrected chi connectivity index (χ3v) is 1.79. The Hall–Kier alpha value is -1.88. The van der Waals surface area contributed by atoms with E-state index in [0.717, 1.165) is 0 Å². The number of nitrogens with zero attached hydrogens (tertiary/aromatic N) is 1. The van der Waals surface area contributed by atoms with E-state index in [1.807, 2.05) is 0 Å². The van der Waals surface area contributed by atoms with Crippen molar-refractivity contribution in [2.75, 3.05) is 0 Å². The lowest BCUT2D eigenvalue weighted by atomic mass is 10.3. The first-order valence-electron chi connectivity index (χ1n) is 4.14. The molecule has 0 radical (unpaired) electrons. The molecule has 14 heavy (non-hydrogen) atoms. The van der Waals surface area contributed by atoms with Gasteiger partial charge in [-0.25, -0.2) is 4.79 Å². The maximum absolute atomic E-state index is 11.1. The Morgan fingerprint density at radius 2 is 2.43 bits per heavy atom. The van der Waals surface area contributed by atoms with Crippen LogP contribution in [0.5, 0.6) is 0 Å². The van der Waals surface area contributed by atoms with Crippen molar-refractivity contribution in [3.8, 4) is 11.5 Å². The number of rotatable bonds is 2. The predicted molar refractivity (Wildman–Crippen MR) is 50.5 cm³/mol. The number of aromatic amines is 1. The average molecular weight is 191 g/mol. The van der Waals surface area contributed by atoms with Crippen molar-refractivity contribution < 1.29 is 4.42 Å². The van der Waals surface area contributed by atoms with Crippen LogP contribution < -0.4 is 11.4 Å². The number of hydrogen-bond acceptors (Lipinski definition) is 4. The summed E-state index contributed by atoms with van der Waals surface area (Å²) in [7, 11) is 0. The molecule has 0 amide bonds. The van der Waals surface area contributed by atoms with Crippen LogP contribution in [0.25, 0.3) is 11.5 Å². The van der Waals surface area contributed by atoms with Crippen LogP contribution >= 0.6 is 0 Å². The van der Waals surface area contributed by atoms with Gasteiger partial charge in [-0.15, -0.1) is 0 Å². The molecule has 0 aromatic carbocycles. The van der Waals surface area contributed by atoms with E-state index in [1.165, 1.54) is 6.26 Å². The summed E-state index contributed by atoms with van der Waals surface area (Å²) >= 11 is 0. The largest absolute Gasteiger partial charge is 0.463 e. The smallest absolute Gasteiger partial charge is 0.345 e. The zero-order valence-corrected chi connectivity index (χ0v) is 7.36. The summed E-state index contributed by atoms with van der Waals surface area (Å²) in [4.78, 5) is 17.4. The first-order chi connectivity index (χ1) is 6.79. The van der Waals surface area contributed by atoms with Gasteiger partial charge in [0.05, 0.1) is 6.26 Å². The zero-order chi connectivity index (χ0) is 9.97. The van der Waals surface area contributed by atoms with Crippen molar-refractivity contribution >= 4 is 0 Å². The summed E-state index contributed by atoms with van der Waals surface area (Å²) < 4.78 is 5.12. The molecule has 72 valence electrons. The topological polar surface area (TPSA) is 84.9 Å². The molecule has 2 aromatic heterocycles. The van der Waals surface area contributed by atoms with E-state index in [2.05, 4.69) is 9.97 Å². The van der Waals surface area contributed by atoms with Crippen LogP contribution in [0.2, 0.25) is 0 Å². The quantitative estimate of drug-likeness (QED) is 0.723. The second kappa shape index (κ2) is 3.47. The second-order valence-corrected chi connectivity index (χ2v) is 2.78. The highest BCUT2D eigenvalue weighted by Gasteiger charge is 2.04. The molecule has 3 N–H and O–H groups in total. The fourth-order valence-electron chi connectivity index (χ4n) is 1.17. The highest BCUT2D eigenvalue weighted by Crippen LogP contribution is 2.15. The van der Waals surface area contributed by atoms with Crippen LogP contribution in [0.3, 0.4) is 0 Å². The van der Waals surface area contributed by atoms with Crippen molar-refractivity contribution in [2.24, 2.45) is 5.73 Å². The van der Waals surface area contributed by atoms with Gasteiger partial charge in [0.15, 0.2) is 5.76 Å². The Balaban J connectivity index is 2.54. The van der Waals surface area contributed by atoms with E-state index < -0.39 is 5.69 Å². The molecule has 0 saturated heterocycles. The lowest BCUT2D eigenvalue weighted by Crippen LogP contribution is -2.15. The van der Waals surface area contributed by atoms with Gasteiger partial charge in [0.2, 0.25) is 0 Å². The summed E-state index contributed by atoms with van der Waals surface area (Å²) in [5, 5.41) is 0. The number of nitrogens with two attached hydrogens (primary N) is 1. The van der Waals surface area contributed by atoms with Gasteiger partial charge in [-0.1, -0.05) is 0 Å². The Kier molecular flexibility index (Phi) is 2.16. The molecule has 0 bridgehead atoms. The number of furan rings is 1. The number of H-pyrrole nitrogens is 1. The Morgan fingerprint density at radius 1 is 1.57 bits per heavy atom. The van der Waals surface area contributed by atoms with Crippen LogP contribution in [0.4, 0.5) is 0 Å². The highest BCUT2D eigenvalue weighted by atomic mass is 16.3. The molecular weight excluding hydrogens is 182 g/mol. The molecule has 5 nitrogen and oxygen atoms in total. The first-order valence-corrected chi connectivity index (χ1v) is 4.14. The van der Waals surface area contributed by atoms with Crippen molar-refractivity contribution in [1.29, 1.82) is 0 Å². The molecule has 0 saturated carbocycles. The van der Waals surface area contributed by atoms with Gasteiger partial charge in [0.1, 0.15) is 5.69 Å². The van der Waals surface area contributed by atoms with E-state index >= 15 is 0 Å². The fraction of sp³-hybridized carbons (Fsp3) is 0.111. The molecule has 2 aromatic rings. The highest BCUT2D eigenvalue weighted by molar-refractivity contribution is 5.51. The Morgan fingerprint density at radius 3 is 3.07 bits per heavy atom. The van der Waals surface area contributed by atoms with Crippen molar-refractivity contribution in [2.45, 2.75) is 6.54 Å². The van der Waals surface area contributed by atoms with Crippen LogP contribution in [0.15, 0.2) is 33.7 Å². The monoisotopic (exact) mass is 191 g/mol. The van der Waals surface area contributed by atoms with Crippen LogP contribution in [0.1, 0.15) is 5.69 Å². The maximum atomic E-state index is 11.1. The SMILES string of the molecule is NCc1cc(-c2ccco2)nc(=O)[nH]1. The minimum atomic E-state index is -0.417. The summed E-state index contributed by atoms with van der Waals surface area (Å²) in [5.74, 6) is 0.561. The van der Waals surface area contributed by atoms with Crippen molar-refractivity contribution in [3.63, 3.8) is 0 Å². The average Bonchev–Trinajstić information content (AvgIpc) is 2.69. The molecule has 2 rings (SSSR count). The van der Waals surface area contributed by atoms with Crippen LogP contribution in [-0.4, -0.2) is 9.97 Å². The fourth-order valence-corrected chi connectivity index (χ4v) is 1.17. The van der Waals surface area contributed by atoms with Gasteiger partial charge in [-0.3, -0.25) is 0 Å². The molecule has 0 aliphatic heterocycles. The first kappa shape index (κ1) is 8.71. The standard InChI is InChI=1S/C9H9N3O2/c10-5-6-4-7(12-9(13)11-6)8-2-1-3-14-8/h1-4H,5,10H2,(H,11,12,13). The lowest BCUT2D eigenvalue weighted by Gasteiger charge is -1.98. The van der Waals surface area contributed by atoms with Gasteiger partial charge >= 0.3 is 5.69 Å². The molecule has 5 heteroatoms. The van der Waals surface area contributed by atoms with Gasteiger partial charge in [-0.2, -0.15) is 4.98 Å². The third kappa shape index (κ3) is 1.57. The van der Waals surface area contributed by atoms with Gasteiger partial charge < -0.3 is 15.1 Å². The molecule has 0 unspecified atom stereocenters. The molecular formula is C9H9N3O2. The number of hydrogen-bond donors (Lipinski definition) is 2. The minimum absolute atomic E-state index is 0.269. The van der Waals surface area contributed by atoms with Crippen molar-refractivity contribution in [1.82, 2.24) is 9.97 Å². The summed E-state index contributed by atoms with van der Waals surface area (Å²) in [6.07, 6.45) is 1.53. The van der Waals surface area contributed by atoms with E-state index in [-0.39, 0.29) is 6.54 Å². The maximum Gasteiger partial charge on any atom is 0.345 e. The van der Waals surface area contributed by atoms with Gasteiger partial charge in [-0.05, 0) is 18.2 Å². The molecule has 0 fully saturated rings. The van der Waals surface area contributed by atoms with Gasteiger partial charge in [0.25, 0.3) is 0 Å². The molecule has 0 atom stereocenters. The molecule has 0 spiro atoms. The zero-order valence-electron chi connectivity index (χ0n) is 7.36. The van der Waals surface area contributed by atoms with E-state index in [9.17, 15) is 4.79 Å². The van der Waals surface area contributed by atoms with Crippen molar-refractivity contribution in [3.05, 3.63) is 40.6 Å². The molecule has 0 aliphatic carbocycles. The Bertz CT molecular complexity index is 473. The number of aromatic nitrogens is 2.